The second-order valence-electron chi connectivity index (χ2n) is 7.08. The van der Waals surface area contributed by atoms with Crippen LogP contribution in [0.4, 0.5) is 0 Å². The van der Waals surface area contributed by atoms with Crippen molar-refractivity contribution in [1.82, 2.24) is 9.97 Å². The molecule has 0 N–H and O–H groups in total. The molecule has 2 unspecified atom stereocenters. The number of aromatic nitrogens is 2. The van der Waals surface area contributed by atoms with E-state index in [0.717, 1.165) is 17.5 Å². The number of allylic oxidation sites excluding steroid dienone is 2. The molecule has 6 heteroatoms. The third kappa shape index (κ3) is 1.26. The fourth-order valence-electron chi connectivity index (χ4n) is 5.18. The van der Waals surface area contributed by atoms with Crippen LogP contribution in [0.15, 0.2) is 34.3 Å². The van der Waals surface area contributed by atoms with Crippen LogP contribution in [0.1, 0.15) is 17.8 Å². The Labute approximate surface area is 152 Å². The summed E-state index contributed by atoms with van der Waals surface area (Å²) in [5.74, 6) is 1.61. The first-order valence-corrected chi connectivity index (χ1v) is 9.22. The van der Waals surface area contributed by atoms with Gasteiger partial charge in [0.25, 0.3) is 0 Å². The van der Waals surface area contributed by atoms with Crippen LogP contribution in [-0.4, -0.2) is 9.97 Å². The van der Waals surface area contributed by atoms with Gasteiger partial charge in [0.1, 0.15) is 9.75 Å². The minimum atomic E-state index is -0.871. The zero-order chi connectivity index (χ0) is 15.7. The van der Waals surface area contributed by atoms with Crippen LogP contribution in [0.3, 0.4) is 0 Å². The summed E-state index contributed by atoms with van der Waals surface area (Å²) in [5.41, 5.74) is 3.02. The van der Waals surface area contributed by atoms with Crippen LogP contribution in [0.5, 0.6) is 0 Å². The molecule has 116 valence electrons. The number of fused-ring (bicyclic) bond motifs is 2. The summed E-state index contributed by atoms with van der Waals surface area (Å²) in [4.78, 5) is 7.89. The fraction of sp³-hybridized carbons (Fsp3) is 0.412. The van der Waals surface area contributed by atoms with Gasteiger partial charge in [0.2, 0.25) is 0 Å². The highest BCUT2D eigenvalue weighted by Gasteiger charge is 2.80. The second kappa shape index (κ2) is 3.83. The van der Waals surface area contributed by atoms with Gasteiger partial charge in [-0.05, 0) is 42.2 Å². The molecule has 2 saturated carbocycles. The summed E-state index contributed by atoms with van der Waals surface area (Å²) in [6, 6.07) is 7.75. The summed E-state index contributed by atoms with van der Waals surface area (Å²) >= 11 is 27.5. The van der Waals surface area contributed by atoms with Gasteiger partial charge in [-0.25, -0.2) is 9.97 Å². The molecule has 5 aliphatic carbocycles. The zero-order valence-corrected chi connectivity index (χ0v) is 14.8. The van der Waals surface area contributed by atoms with Crippen molar-refractivity contribution in [3.63, 3.8) is 0 Å². The van der Waals surface area contributed by atoms with Gasteiger partial charge in [0.15, 0.2) is 0 Å². The highest BCUT2D eigenvalue weighted by molar-refractivity contribution is 6.49. The average molecular weight is 384 g/mol. The summed E-state index contributed by atoms with van der Waals surface area (Å²) in [6.07, 6.45) is 1.15. The predicted molar refractivity (Wildman–Crippen MR) is 91.9 cm³/mol. The van der Waals surface area contributed by atoms with E-state index in [1.165, 1.54) is 0 Å². The maximum absolute atomic E-state index is 7.12. The lowest BCUT2D eigenvalue weighted by atomic mass is 9.52. The molecule has 5 aliphatic rings. The zero-order valence-electron chi connectivity index (χ0n) is 11.7. The monoisotopic (exact) mass is 382 g/mol. The molecule has 0 spiro atoms. The highest BCUT2D eigenvalue weighted by Crippen LogP contribution is 2.82. The Morgan fingerprint density at radius 2 is 1.26 bits per heavy atom. The highest BCUT2D eigenvalue weighted by atomic mass is 35.5. The minimum Gasteiger partial charge on any atom is -0.247 e. The molecule has 0 amide bonds. The first-order valence-electron chi connectivity index (χ1n) is 7.70. The Hall–Kier alpha value is -0.540. The van der Waals surface area contributed by atoms with Crippen molar-refractivity contribution in [3.8, 4) is 0 Å². The molecule has 2 aromatic rings. The summed E-state index contributed by atoms with van der Waals surface area (Å²) in [7, 11) is 0. The van der Waals surface area contributed by atoms with Gasteiger partial charge in [-0.15, -0.1) is 23.2 Å². The molecule has 23 heavy (non-hydrogen) atoms. The smallest absolute Gasteiger partial charge is 0.128 e. The molecular weight excluding hydrogens is 374 g/mol. The van der Waals surface area contributed by atoms with Crippen LogP contribution in [0.25, 0.3) is 11.0 Å². The van der Waals surface area contributed by atoms with E-state index in [1.54, 1.807) is 0 Å². The van der Waals surface area contributed by atoms with Crippen molar-refractivity contribution in [2.45, 2.75) is 16.2 Å². The average Bonchev–Trinajstić information content (AvgIpc) is 3.22. The lowest BCUT2D eigenvalue weighted by Gasteiger charge is -2.60. The molecule has 2 nitrogen and oxygen atoms in total. The van der Waals surface area contributed by atoms with Crippen molar-refractivity contribution in [1.29, 1.82) is 0 Å². The van der Waals surface area contributed by atoms with Crippen molar-refractivity contribution in [2.24, 2.45) is 23.7 Å². The topological polar surface area (TPSA) is 25.8 Å². The fourth-order valence-corrected chi connectivity index (χ4v) is 7.05. The molecule has 1 heterocycles. The molecular formula is C17H10Cl4N2. The van der Waals surface area contributed by atoms with Crippen molar-refractivity contribution in [3.05, 3.63) is 45.7 Å². The normalized spacial score (nSPS) is 45.4. The number of hydrogen-bond donors (Lipinski definition) is 0. The molecule has 6 atom stereocenters. The molecule has 0 aliphatic heterocycles. The van der Waals surface area contributed by atoms with E-state index in [1.807, 2.05) is 24.3 Å². The van der Waals surface area contributed by atoms with Crippen LogP contribution >= 0.6 is 46.4 Å². The molecule has 1 aromatic carbocycles. The van der Waals surface area contributed by atoms with Gasteiger partial charge >= 0.3 is 0 Å². The van der Waals surface area contributed by atoms with Crippen LogP contribution in [-0.2, 0) is 9.75 Å². The maximum atomic E-state index is 7.12. The van der Waals surface area contributed by atoms with Gasteiger partial charge in [-0.3, -0.25) is 0 Å². The molecule has 0 saturated heterocycles. The third-order valence-electron chi connectivity index (χ3n) is 6.21. The molecule has 2 bridgehead atoms. The number of benzene rings is 1. The van der Waals surface area contributed by atoms with E-state index in [-0.39, 0.29) is 11.8 Å². The van der Waals surface area contributed by atoms with E-state index in [4.69, 9.17) is 56.4 Å². The Bertz CT molecular complexity index is 882. The van der Waals surface area contributed by atoms with Crippen molar-refractivity contribution >= 4 is 57.4 Å². The van der Waals surface area contributed by atoms with E-state index in [2.05, 4.69) is 0 Å². The summed E-state index contributed by atoms with van der Waals surface area (Å²) in [6.45, 7) is 0. The van der Waals surface area contributed by atoms with Crippen LogP contribution < -0.4 is 0 Å². The Kier molecular flexibility index (Phi) is 2.28. The first-order chi connectivity index (χ1) is 11.0. The molecule has 2 fully saturated rings. The second-order valence-corrected chi connectivity index (χ2v) is 9.02. The Balaban J connectivity index is 1.77. The third-order valence-corrected chi connectivity index (χ3v) is 8.71. The van der Waals surface area contributed by atoms with Gasteiger partial charge < -0.3 is 0 Å². The van der Waals surface area contributed by atoms with E-state index in [9.17, 15) is 0 Å². The van der Waals surface area contributed by atoms with E-state index < -0.39 is 9.75 Å². The predicted octanol–water partition coefficient (Wildman–Crippen LogP) is 5.10. The van der Waals surface area contributed by atoms with Gasteiger partial charge in [-0.1, -0.05) is 35.3 Å². The number of rotatable bonds is 0. The number of halogens is 4. The Morgan fingerprint density at radius 1 is 0.826 bits per heavy atom. The maximum Gasteiger partial charge on any atom is 0.128 e. The first kappa shape index (κ1) is 13.7. The lowest BCUT2D eigenvalue weighted by Crippen LogP contribution is -2.61. The van der Waals surface area contributed by atoms with Gasteiger partial charge in [0.05, 0.1) is 32.5 Å². The standard InChI is InChI=1S/C17H10Cl4N2/c18-12-13(19)17(21)11-7-5-6(7)10(11)16(12,20)14-15(17)23-9-4-2-1-3-8(9)22-14/h1-4,6-7,10-11H,5H2/t6-,7+,10+,11-,16?,17?. The summed E-state index contributed by atoms with van der Waals surface area (Å²) < 4.78 is 0. The number of para-hydroxylation sites is 2. The van der Waals surface area contributed by atoms with Gasteiger partial charge in [-0.2, -0.15) is 0 Å². The summed E-state index contributed by atoms with van der Waals surface area (Å²) in [5, 5.41) is 0.888. The van der Waals surface area contributed by atoms with Gasteiger partial charge in [0, 0.05) is 0 Å². The largest absolute Gasteiger partial charge is 0.247 e. The minimum absolute atomic E-state index is 0.213. The Morgan fingerprint density at radius 3 is 1.70 bits per heavy atom. The SMILES string of the molecule is ClC1=C(Cl)C2(Cl)c3nc4ccccc4nc3C1(Cl)[C@@H]1[C@H]3C[C@H]3[C@@H]12. The van der Waals surface area contributed by atoms with Crippen LogP contribution in [0, 0.1) is 23.7 Å². The van der Waals surface area contributed by atoms with Crippen molar-refractivity contribution in [2.75, 3.05) is 0 Å². The van der Waals surface area contributed by atoms with E-state index >= 15 is 0 Å². The molecule has 7 rings (SSSR count). The number of nitrogens with zero attached hydrogens (tertiary/aromatic N) is 2. The number of alkyl halides is 2. The van der Waals surface area contributed by atoms with E-state index in [0.29, 0.717) is 33.3 Å². The lowest BCUT2D eigenvalue weighted by molar-refractivity contribution is 0.0549. The quantitative estimate of drug-likeness (QED) is 0.591. The molecule has 0 radical (unpaired) electrons. The van der Waals surface area contributed by atoms with Crippen molar-refractivity contribution < 1.29 is 0 Å². The molecule has 1 aromatic heterocycles. The van der Waals surface area contributed by atoms with Crippen LogP contribution in [0.2, 0.25) is 0 Å². The number of hydrogen-bond acceptors (Lipinski definition) is 2.